The highest BCUT2D eigenvalue weighted by molar-refractivity contribution is 6.36. The van der Waals surface area contributed by atoms with Crippen molar-refractivity contribution in [3.8, 4) is 5.75 Å². The number of benzene rings is 2. The van der Waals surface area contributed by atoms with Gasteiger partial charge in [-0.2, -0.15) is 5.10 Å². The Labute approximate surface area is 161 Å². The van der Waals surface area contributed by atoms with E-state index in [2.05, 4.69) is 10.5 Å². The highest BCUT2D eigenvalue weighted by Crippen LogP contribution is 2.31. The van der Waals surface area contributed by atoms with Gasteiger partial charge in [-0.1, -0.05) is 23.2 Å². The largest absolute Gasteiger partial charge is 0.495 e. The summed E-state index contributed by atoms with van der Waals surface area (Å²) in [7, 11) is 1.38. The first kappa shape index (κ1) is 20.1. The van der Waals surface area contributed by atoms with Crippen LogP contribution < -0.4 is 10.2 Å². The van der Waals surface area contributed by atoms with E-state index in [9.17, 15) is 25.0 Å². The number of non-ortho nitro benzene ring substituents is 2. The van der Waals surface area contributed by atoms with Crippen LogP contribution in [-0.2, 0) is 0 Å². The fourth-order valence-corrected chi connectivity index (χ4v) is 2.64. The van der Waals surface area contributed by atoms with E-state index in [0.717, 1.165) is 18.2 Å². The number of nitro groups is 2. The molecule has 0 aliphatic rings. The smallest absolute Gasteiger partial charge is 0.277 e. The van der Waals surface area contributed by atoms with Crippen LogP contribution in [0.25, 0.3) is 0 Å². The second kappa shape index (κ2) is 8.43. The van der Waals surface area contributed by atoms with Crippen molar-refractivity contribution in [3.63, 3.8) is 0 Å². The maximum atomic E-state index is 12.1. The van der Waals surface area contributed by atoms with Gasteiger partial charge in [0.2, 0.25) is 0 Å². The molecule has 0 aliphatic carbocycles. The molecular weight excluding hydrogens is 403 g/mol. The lowest BCUT2D eigenvalue weighted by Gasteiger charge is -2.07. The van der Waals surface area contributed by atoms with Gasteiger partial charge >= 0.3 is 0 Å². The number of hydrazone groups is 1. The molecule has 0 unspecified atom stereocenters. The Hall–Kier alpha value is -3.24. The van der Waals surface area contributed by atoms with Crippen LogP contribution in [0.5, 0.6) is 5.75 Å². The van der Waals surface area contributed by atoms with Crippen molar-refractivity contribution in [3.05, 3.63) is 71.7 Å². The van der Waals surface area contributed by atoms with Crippen molar-refractivity contribution >= 4 is 46.7 Å². The lowest BCUT2D eigenvalue weighted by atomic mass is 10.1. The van der Waals surface area contributed by atoms with Crippen LogP contribution >= 0.6 is 23.2 Å². The van der Waals surface area contributed by atoms with Crippen LogP contribution in [0.1, 0.15) is 15.9 Å². The van der Waals surface area contributed by atoms with Crippen molar-refractivity contribution < 1.29 is 19.4 Å². The minimum atomic E-state index is -0.884. The molecule has 0 aromatic heterocycles. The minimum Gasteiger partial charge on any atom is -0.495 e. The standard InChI is InChI=1S/C15H10Cl2N4O6/c1-27-14-9(2-10(16)5-13(14)17)7-18-19-15(22)8-3-11(20(23)24)6-12(4-8)21(25)26/h2-7H,1H3,(H,19,22)/b18-7+. The molecule has 2 aromatic carbocycles. The zero-order valence-corrected chi connectivity index (χ0v) is 15.0. The molecule has 2 aromatic rings. The van der Waals surface area contributed by atoms with E-state index in [4.69, 9.17) is 27.9 Å². The van der Waals surface area contributed by atoms with Gasteiger partial charge in [-0.25, -0.2) is 5.43 Å². The van der Waals surface area contributed by atoms with Gasteiger partial charge in [-0.15, -0.1) is 0 Å². The Bertz CT molecular complexity index is 931. The molecule has 0 aliphatic heterocycles. The van der Waals surface area contributed by atoms with E-state index in [1.807, 2.05) is 0 Å². The van der Waals surface area contributed by atoms with Crippen LogP contribution in [0.4, 0.5) is 11.4 Å². The number of carbonyl (C=O) groups excluding carboxylic acids is 1. The van der Waals surface area contributed by atoms with Gasteiger partial charge in [0.25, 0.3) is 17.3 Å². The quantitative estimate of drug-likeness (QED) is 0.437. The fourth-order valence-electron chi connectivity index (χ4n) is 2.05. The normalized spacial score (nSPS) is 10.6. The lowest BCUT2D eigenvalue weighted by molar-refractivity contribution is -0.394. The first-order chi connectivity index (χ1) is 12.7. The number of halogens is 2. The molecule has 0 bridgehead atoms. The Balaban J connectivity index is 2.27. The SMILES string of the molecule is COc1c(Cl)cc(Cl)cc1/C=N/NC(=O)c1cc([N+](=O)[O-])cc([N+](=O)[O-])c1. The Morgan fingerprint density at radius 1 is 1.11 bits per heavy atom. The molecule has 12 heteroatoms. The molecule has 2 rings (SSSR count). The van der Waals surface area contributed by atoms with Gasteiger partial charge in [0.1, 0.15) is 5.75 Å². The molecule has 0 saturated carbocycles. The molecule has 0 heterocycles. The van der Waals surface area contributed by atoms with Crippen molar-refractivity contribution in [1.29, 1.82) is 0 Å². The summed E-state index contributed by atoms with van der Waals surface area (Å²) >= 11 is 11.9. The number of nitrogens with zero attached hydrogens (tertiary/aromatic N) is 3. The summed E-state index contributed by atoms with van der Waals surface area (Å²) in [6.07, 6.45) is 1.19. The van der Waals surface area contributed by atoms with Gasteiger partial charge in [0, 0.05) is 22.7 Å². The van der Waals surface area contributed by atoms with E-state index in [0.29, 0.717) is 10.6 Å². The molecule has 27 heavy (non-hydrogen) atoms. The predicted octanol–water partition coefficient (Wildman–Crippen LogP) is 3.58. The molecule has 1 N–H and O–H groups in total. The average Bonchev–Trinajstić information content (AvgIpc) is 2.60. The summed E-state index contributed by atoms with van der Waals surface area (Å²) in [5, 5.41) is 26.0. The number of rotatable bonds is 6. The van der Waals surface area contributed by atoms with Gasteiger partial charge < -0.3 is 4.74 Å². The topological polar surface area (TPSA) is 137 Å². The van der Waals surface area contributed by atoms with Gasteiger partial charge in [0.05, 0.1) is 39.8 Å². The van der Waals surface area contributed by atoms with Gasteiger partial charge in [-0.05, 0) is 12.1 Å². The summed E-state index contributed by atoms with van der Waals surface area (Å²) in [6, 6.07) is 5.49. The monoisotopic (exact) mass is 412 g/mol. The molecule has 0 spiro atoms. The molecule has 140 valence electrons. The van der Waals surface area contributed by atoms with Crippen LogP contribution in [0, 0.1) is 20.2 Å². The van der Waals surface area contributed by atoms with Crippen LogP contribution in [0.15, 0.2) is 35.4 Å². The van der Waals surface area contributed by atoms with Crippen LogP contribution in [-0.4, -0.2) is 29.1 Å². The first-order valence-corrected chi connectivity index (χ1v) is 7.79. The molecule has 0 fully saturated rings. The number of amides is 1. The van der Waals surface area contributed by atoms with Crippen molar-refractivity contribution in [2.24, 2.45) is 5.10 Å². The number of carbonyl (C=O) groups is 1. The second-order valence-electron chi connectivity index (χ2n) is 4.96. The summed E-state index contributed by atoms with van der Waals surface area (Å²) in [6.45, 7) is 0. The highest BCUT2D eigenvalue weighted by atomic mass is 35.5. The summed E-state index contributed by atoms with van der Waals surface area (Å²) in [4.78, 5) is 32.2. The molecule has 10 nitrogen and oxygen atoms in total. The summed E-state index contributed by atoms with van der Waals surface area (Å²) in [5.74, 6) is -0.616. The minimum absolute atomic E-state index is 0.229. The third-order valence-electron chi connectivity index (χ3n) is 3.20. The Morgan fingerprint density at radius 3 is 2.22 bits per heavy atom. The number of nitrogens with one attached hydrogen (secondary N) is 1. The number of methoxy groups -OCH3 is 1. The molecule has 0 atom stereocenters. The summed E-state index contributed by atoms with van der Waals surface area (Å²) in [5.41, 5.74) is 0.982. The molecule has 0 saturated heterocycles. The third kappa shape index (κ3) is 4.90. The first-order valence-electron chi connectivity index (χ1n) is 7.03. The van der Waals surface area contributed by atoms with E-state index in [-0.39, 0.29) is 16.3 Å². The number of hydrogen-bond acceptors (Lipinski definition) is 7. The van der Waals surface area contributed by atoms with Gasteiger partial charge in [0.15, 0.2) is 0 Å². The number of nitro benzene ring substituents is 2. The molecule has 0 radical (unpaired) electrons. The van der Waals surface area contributed by atoms with Crippen LogP contribution in [0.3, 0.4) is 0 Å². The van der Waals surface area contributed by atoms with Crippen molar-refractivity contribution in [1.82, 2.24) is 5.43 Å². The zero-order chi connectivity index (χ0) is 20.1. The number of ether oxygens (including phenoxy) is 1. The maximum Gasteiger partial charge on any atom is 0.277 e. The number of hydrogen-bond donors (Lipinski definition) is 1. The predicted molar refractivity (Wildman–Crippen MR) is 97.8 cm³/mol. The lowest BCUT2D eigenvalue weighted by Crippen LogP contribution is -2.18. The fraction of sp³-hybridized carbons (Fsp3) is 0.0667. The second-order valence-corrected chi connectivity index (χ2v) is 5.81. The van der Waals surface area contributed by atoms with E-state index in [1.165, 1.54) is 25.5 Å². The van der Waals surface area contributed by atoms with Crippen molar-refractivity contribution in [2.75, 3.05) is 7.11 Å². The molecule has 1 amide bonds. The van der Waals surface area contributed by atoms with Crippen molar-refractivity contribution in [2.45, 2.75) is 0 Å². The third-order valence-corrected chi connectivity index (χ3v) is 3.70. The van der Waals surface area contributed by atoms with E-state index < -0.39 is 27.1 Å². The maximum absolute atomic E-state index is 12.1. The zero-order valence-electron chi connectivity index (χ0n) is 13.5. The summed E-state index contributed by atoms with van der Waals surface area (Å²) < 4.78 is 5.11. The van der Waals surface area contributed by atoms with Gasteiger partial charge in [-0.3, -0.25) is 25.0 Å². The molecular formula is C15H10Cl2N4O6. The highest BCUT2D eigenvalue weighted by Gasteiger charge is 2.19. The van der Waals surface area contributed by atoms with E-state index in [1.54, 1.807) is 0 Å². The Morgan fingerprint density at radius 2 is 1.70 bits per heavy atom. The van der Waals surface area contributed by atoms with E-state index >= 15 is 0 Å². The average molecular weight is 413 g/mol. The van der Waals surface area contributed by atoms with Crippen LogP contribution in [0.2, 0.25) is 10.0 Å². The Kier molecular flexibility index (Phi) is 6.27.